The van der Waals surface area contributed by atoms with Crippen molar-refractivity contribution in [2.45, 2.75) is 38.8 Å². The molecule has 4 heteroatoms. The summed E-state index contributed by atoms with van der Waals surface area (Å²) in [5.74, 6) is -0.825. The van der Waals surface area contributed by atoms with Crippen molar-refractivity contribution in [1.82, 2.24) is 10.3 Å². The van der Waals surface area contributed by atoms with Crippen molar-refractivity contribution in [3.63, 3.8) is 0 Å². The summed E-state index contributed by atoms with van der Waals surface area (Å²) in [6, 6.07) is 9.37. The highest BCUT2D eigenvalue weighted by Gasteiger charge is 2.24. The topological polar surface area (TPSA) is 65.1 Å². The molecular weight excluding hydrogens is 240 g/mol. The molecule has 19 heavy (non-hydrogen) atoms. The highest BCUT2D eigenvalue weighted by Crippen LogP contribution is 2.16. The zero-order valence-corrected chi connectivity index (χ0v) is 11.5. The zero-order chi connectivity index (χ0) is 14.0. The second-order valence-electron chi connectivity index (χ2n) is 5.87. The Morgan fingerprint density at radius 2 is 2.05 bits per heavy atom. The Balaban J connectivity index is 2.19. The third-order valence-electron chi connectivity index (χ3n) is 2.92. The van der Waals surface area contributed by atoms with E-state index in [0.717, 1.165) is 16.6 Å². The number of fused-ring (bicyclic) bond motifs is 1. The Hall–Kier alpha value is -1.81. The Labute approximate surface area is 112 Å². The van der Waals surface area contributed by atoms with E-state index in [1.54, 1.807) is 0 Å². The quantitative estimate of drug-likeness (QED) is 0.791. The van der Waals surface area contributed by atoms with Crippen LogP contribution in [0.1, 0.15) is 26.5 Å². The molecule has 3 N–H and O–H groups in total. The summed E-state index contributed by atoms with van der Waals surface area (Å²) in [6.07, 6.45) is 0.446. The normalized spacial score (nSPS) is 13.6. The van der Waals surface area contributed by atoms with Gasteiger partial charge in [0.05, 0.1) is 0 Å². The number of para-hydroxylation sites is 1. The highest BCUT2D eigenvalue weighted by atomic mass is 16.4. The molecule has 2 aromatic rings. The van der Waals surface area contributed by atoms with Gasteiger partial charge in [0.2, 0.25) is 0 Å². The Kier molecular flexibility index (Phi) is 3.62. The molecule has 1 heterocycles. The van der Waals surface area contributed by atoms with Crippen LogP contribution in [0.5, 0.6) is 0 Å². The molecule has 0 saturated heterocycles. The maximum Gasteiger partial charge on any atom is 0.321 e. The van der Waals surface area contributed by atoms with Crippen LogP contribution < -0.4 is 5.32 Å². The summed E-state index contributed by atoms with van der Waals surface area (Å²) < 4.78 is 0. The van der Waals surface area contributed by atoms with Gasteiger partial charge in [-0.25, -0.2) is 0 Å². The van der Waals surface area contributed by atoms with E-state index >= 15 is 0 Å². The second-order valence-corrected chi connectivity index (χ2v) is 5.87. The lowest BCUT2D eigenvalue weighted by Crippen LogP contribution is -2.48. The largest absolute Gasteiger partial charge is 0.480 e. The lowest BCUT2D eigenvalue weighted by atomic mass is 10.0. The van der Waals surface area contributed by atoms with Crippen molar-refractivity contribution in [3.05, 3.63) is 36.0 Å². The van der Waals surface area contributed by atoms with Gasteiger partial charge in [0, 0.05) is 23.2 Å². The van der Waals surface area contributed by atoms with Gasteiger partial charge in [-0.1, -0.05) is 18.2 Å². The van der Waals surface area contributed by atoms with Gasteiger partial charge in [-0.3, -0.25) is 10.1 Å². The fraction of sp³-hybridized carbons (Fsp3) is 0.400. The summed E-state index contributed by atoms with van der Waals surface area (Å²) >= 11 is 0. The highest BCUT2D eigenvalue weighted by molar-refractivity contribution is 5.81. The van der Waals surface area contributed by atoms with Crippen LogP contribution >= 0.6 is 0 Å². The molecule has 1 aromatic heterocycles. The molecule has 0 spiro atoms. The number of aromatic nitrogens is 1. The molecule has 0 bridgehead atoms. The van der Waals surface area contributed by atoms with Gasteiger partial charge in [0.15, 0.2) is 0 Å². The minimum atomic E-state index is -0.825. The van der Waals surface area contributed by atoms with Gasteiger partial charge in [0.1, 0.15) is 6.04 Å². The molecule has 1 aromatic carbocycles. The summed E-state index contributed by atoms with van der Waals surface area (Å²) in [5, 5.41) is 13.5. The number of hydrogen-bond acceptors (Lipinski definition) is 2. The number of H-pyrrole nitrogens is 1. The van der Waals surface area contributed by atoms with Crippen LogP contribution in [-0.2, 0) is 11.2 Å². The Morgan fingerprint density at radius 1 is 1.37 bits per heavy atom. The summed E-state index contributed by atoms with van der Waals surface area (Å²) in [4.78, 5) is 14.6. The van der Waals surface area contributed by atoms with Crippen LogP contribution in [0.2, 0.25) is 0 Å². The molecule has 1 atom stereocenters. The van der Waals surface area contributed by atoms with Crippen LogP contribution in [0.4, 0.5) is 0 Å². The zero-order valence-electron chi connectivity index (χ0n) is 11.5. The van der Waals surface area contributed by atoms with E-state index in [4.69, 9.17) is 0 Å². The molecule has 0 radical (unpaired) electrons. The fourth-order valence-electron chi connectivity index (χ4n) is 2.19. The summed E-state index contributed by atoms with van der Waals surface area (Å²) in [6.45, 7) is 5.90. The minimum Gasteiger partial charge on any atom is -0.480 e. The van der Waals surface area contributed by atoms with E-state index in [1.165, 1.54) is 0 Å². The van der Waals surface area contributed by atoms with E-state index < -0.39 is 12.0 Å². The number of hydrogen-bond donors (Lipinski definition) is 3. The van der Waals surface area contributed by atoms with Gasteiger partial charge in [-0.05, 0) is 38.3 Å². The van der Waals surface area contributed by atoms with Crippen molar-refractivity contribution in [2.75, 3.05) is 0 Å². The molecule has 0 amide bonds. The van der Waals surface area contributed by atoms with E-state index in [9.17, 15) is 9.90 Å². The van der Waals surface area contributed by atoms with Crippen molar-refractivity contribution in [3.8, 4) is 0 Å². The molecular formula is C15H20N2O2. The fourth-order valence-corrected chi connectivity index (χ4v) is 2.19. The smallest absolute Gasteiger partial charge is 0.321 e. The molecule has 0 aliphatic carbocycles. The Bertz CT molecular complexity index is 548. The van der Waals surface area contributed by atoms with E-state index in [1.807, 2.05) is 51.1 Å². The molecule has 4 nitrogen and oxygen atoms in total. The van der Waals surface area contributed by atoms with Gasteiger partial charge in [-0.15, -0.1) is 0 Å². The molecule has 2 rings (SSSR count). The molecule has 0 unspecified atom stereocenters. The van der Waals surface area contributed by atoms with Crippen molar-refractivity contribution >= 4 is 16.9 Å². The van der Waals surface area contributed by atoms with Crippen LogP contribution in [0.15, 0.2) is 30.3 Å². The SMILES string of the molecule is CC(C)(C)N[C@@H](Cc1cc2ccccc2[nH]1)C(=O)O. The van der Waals surface area contributed by atoms with Gasteiger partial charge >= 0.3 is 5.97 Å². The summed E-state index contributed by atoms with van der Waals surface area (Å²) in [7, 11) is 0. The number of aliphatic carboxylic acids is 1. The predicted molar refractivity (Wildman–Crippen MR) is 76.3 cm³/mol. The average molecular weight is 260 g/mol. The Morgan fingerprint density at radius 3 is 2.63 bits per heavy atom. The maximum atomic E-state index is 11.3. The van der Waals surface area contributed by atoms with Crippen LogP contribution in [0.3, 0.4) is 0 Å². The second kappa shape index (κ2) is 5.05. The number of nitrogens with one attached hydrogen (secondary N) is 2. The first kappa shape index (κ1) is 13.6. The number of carbonyl (C=O) groups is 1. The first-order valence-corrected chi connectivity index (χ1v) is 6.42. The third kappa shape index (κ3) is 3.58. The molecule has 102 valence electrons. The number of rotatable bonds is 4. The van der Waals surface area contributed by atoms with Crippen molar-refractivity contribution < 1.29 is 9.90 Å². The number of carboxylic acid groups (broad SMARTS) is 1. The molecule has 0 fully saturated rings. The van der Waals surface area contributed by atoms with Crippen LogP contribution in [0.25, 0.3) is 10.9 Å². The number of benzene rings is 1. The van der Waals surface area contributed by atoms with Crippen LogP contribution in [0, 0.1) is 0 Å². The first-order valence-electron chi connectivity index (χ1n) is 6.42. The molecule has 0 aliphatic heterocycles. The van der Waals surface area contributed by atoms with Gasteiger partial charge in [0.25, 0.3) is 0 Å². The van der Waals surface area contributed by atoms with Gasteiger partial charge in [-0.2, -0.15) is 0 Å². The monoisotopic (exact) mass is 260 g/mol. The minimum absolute atomic E-state index is 0.227. The standard InChI is InChI=1S/C15H20N2O2/c1-15(2,3)17-13(14(18)19)9-11-8-10-6-4-5-7-12(10)16-11/h4-8,13,16-17H,9H2,1-3H3,(H,18,19)/t13-/m0/s1. The molecule has 0 aliphatic rings. The van der Waals surface area contributed by atoms with Crippen molar-refractivity contribution in [1.29, 1.82) is 0 Å². The average Bonchev–Trinajstić information content (AvgIpc) is 2.68. The van der Waals surface area contributed by atoms with Crippen LogP contribution in [-0.4, -0.2) is 27.6 Å². The predicted octanol–water partition coefficient (Wildman–Crippen LogP) is 2.55. The third-order valence-corrected chi connectivity index (χ3v) is 2.92. The number of aromatic amines is 1. The van der Waals surface area contributed by atoms with E-state index in [0.29, 0.717) is 6.42 Å². The molecule has 0 saturated carbocycles. The van der Waals surface area contributed by atoms with E-state index in [2.05, 4.69) is 10.3 Å². The first-order chi connectivity index (χ1) is 8.85. The van der Waals surface area contributed by atoms with E-state index in [-0.39, 0.29) is 5.54 Å². The summed E-state index contributed by atoms with van der Waals surface area (Å²) in [5.41, 5.74) is 1.75. The maximum absolute atomic E-state index is 11.3. The number of carboxylic acids is 1. The lowest BCUT2D eigenvalue weighted by molar-refractivity contribution is -0.140. The lowest BCUT2D eigenvalue weighted by Gasteiger charge is -2.25. The van der Waals surface area contributed by atoms with Crippen molar-refractivity contribution in [2.24, 2.45) is 0 Å². The van der Waals surface area contributed by atoms with Gasteiger partial charge < -0.3 is 10.1 Å².